The van der Waals surface area contributed by atoms with Crippen LogP contribution < -0.4 is 5.32 Å². The Bertz CT molecular complexity index is 823. The standard InChI is InChI=1S/C19H21N3S/c1-2-11-20-18-17-14-9-6-10-15(14)23-19(17)22-16(21-18)12-13-7-4-3-5-8-13/h3-5,7-8H,2,6,9-12H2,1H3,(H,20,21,22). The van der Waals surface area contributed by atoms with Gasteiger partial charge in [-0.1, -0.05) is 37.3 Å². The molecule has 1 aromatic carbocycles. The molecule has 0 radical (unpaired) electrons. The van der Waals surface area contributed by atoms with Crippen LogP contribution in [0.25, 0.3) is 10.2 Å². The summed E-state index contributed by atoms with van der Waals surface area (Å²) >= 11 is 1.87. The lowest BCUT2D eigenvalue weighted by Gasteiger charge is -2.09. The van der Waals surface area contributed by atoms with Gasteiger partial charge in [0.15, 0.2) is 0 Å². The van der Waals surface area contributed by atoms with Crippen LogP contribution in [0.1, 0.15) is 41.6 Å². The molecule has 0 spiro atoms. The van der Waals surface area contributed by atoms with Crippen LogP contribution in [-0.4, -0.2) is 16.5 Å². The van der Waals surface area contributed by atoms with E-state index in [1.165, 1.54) is 40.7 Å². The predicted molar refractivity (Wildman–Crippen MR) is 97.5 cm³/mol. The number of thiophene rings is 1. The monoisotopic (exact) mass is 323 g/mol. The molecule has 0 saturated carbocycles. The summed E-state index contributed by atoms with van der Waals surface area (Å²) in [6, 6.07) is 10.5. The van der Waals surface area contributed by atoms with Gasteiger partial charge in [0.2, 0.25) is 0 Å². The van der Waals surface area contributed by atoms with Gasteiger partial charge in [0, 0.05) is 17.8 Å². The second kappa shape index (κ2) is 6.28. The van der Waals surface area contributed by atoms with E-state index in [1.807, 2.05) is 17.4 Å². The first kappa shape index (κ1) is 14.6. The Morgan fingerprint density at radius 1 is 1.13 bits per heavy atom. The summed E-state index contributed by atoms with van der Waals surface area (Å²) in [6.07, 6.45) is 5.55. The van der Waals surface area contributed by atoms with Crippen LogP contribution in [0.4, 0.5) is 5.82 Å². The van der Waals surface area contributed by atoms with Crippen LogP contribution in [0.2, 0.25) is 0 Å². The molecule has 3 nitrogen and oxygen atoms in total. The average Bonchev–Trinajstić information content (AvgIpc) is 3.14. The lowest BCUT2D eigenvalue weighted by atomic mass is 10.1. The number of hydrogen-bond donors (Lipinski definition) is 1. The lowest BCUT2D eigenvalue weighted by molar-refractivity contribution is 0.914. The maximum absolute atomic E-state index is 4.87. The molecule has 0 unspecified atom stereocenters. The van der Waals surface area contributed by atoms with E-state index in [-0.39, 0.29) is 0 Å². The molecule has 0 atom stereocenters. The topological polar surface area (TPSA) is 37.8 Å². The number of nitrogens with zero attached hydrogens (tertiary/aromatic N) is 2. The molecular formula is C19H21N3S. The molecule has 0 aliphatic heterocycles. The molecule has 23 heavy (non-hydrogen) atoms. The third-order valence-electron chi connectivity index (χ3n) is 4.36. The maximum Gasteiger partial charge on any atom is 0.138 e. The quantitative estimate of drug-likeness (QED) is 0.746. The summed E-state index contributed by atoms with van der Waals surface area (Å²) in [5, 5.41) is 4.82. The third-order valence-corrected chi connectivity index (χ3v) is 5.54. The average molecular weight is 323 g/mol. The second-order valence-electron chi connectivity index (χ2n) is 6.12. The van der Waals surface area contributed by atoms with Crippen molar-refractivity contribution < 1.29 is 0 Å². The number of nitrogens with one attached hydrogen (secondary N) is 1. The van der Waals surface area contributed by atoms with E-state index < -0.39 is 0 Å². The maximum atomic E-state index is 4.87. The molecule has 0 saturated heterocycles. The number of aryl methyl sites for hydroxylation is 2. The number of fused-ring (bicyclic) bond motifs is 3. The van der Waals surface area contributed by atoms with Crippen molar-refractivity contribution in [2.45, 2.75) is 39.0 Å². The Balaban J connectivity index is 1.77. The zero-order chi connectivity index (χ0) is 15.6. The number of rotatable bonds is 5. The molecule has 0 bridgehead atoms. The number of aromatic nitrogens is 2. The smallest absolute Gasteiger partial charge is 0.138 e. The molecule has 1 aliphatic carbocycles. The van der Waals surface area contributed by atoms with Gasteiger partial charge in [-0.2, -0.15) is 0 Å². The molecule has 118 valence electrons. The van der Waals surface area contributed by atoms with Gasteiger partial charge in [0.1, 0.15) is 16.5 Å². The van der Waals surface area contributed by atoms with E-state index >= 15 is 0 Å². The van der Waals surface area contributed by atoms with E-state index in [0.29, 0.717) is 0 Å². The van der Waals surface area contributed by atoms with Crippen LogP contribution in [0.5, 0.6) is 0 Å². The molecule has 4 heteroatoms. The van der Waals surface area contributed by atoms with Gasteiger partial charge in [-0.15, -0.1) is 11.3 Å². The van der Waals surface area contributed by atoms with Crippen LogP contribution in [0, 0.1) is 0 Å². The summed E-state index contributed by atoms with van der Waals surface area (Å²) in [5.41, 5.74) is 2.76. The van der Waals surface area contributed by atoms with E-state index in [4.69, 9.17) is 9.97 Å². The Morgan fingerprint density at radius 2 is 2.00 bits per heavy atom. The molecular weight excluding hydrogens is 302 g/mol. The number of anilines is 1. The van der Waals surface area contributed by atoms with Crippen molar-refractivity contribution in [3.63, 3.8) is 0 Å². The fourth-order valence-corrected chi connectivity index (χ4v) is 4.55. The Hall–Kier alpha value is -1.94. The van der Waals surface area contributed by atoms with Crippen LogP contribution in [0.3, 0.4) is 0 Å². The minimum atomic E-state index is 0.792. The van der Waals surface area contributed by atoms with Crippen molar-refractivity contribution in [3.05, 3.63) is 52.2 Å². The van der Waals surface area contributed by atoms with E-state index in [2.05, 4.69) is 36.5 Å². The van der Waals surface area contributed by atoms with Crippen LogP contribution >= 0.6 is 11.3 Å². The highest BCUT2D eigenvalue weighted by Gasteiger charge is 2.22. The van der Waals surface area contributed by atoms with Crippen molar-refractivity contribution in [1.82, 2.24) is 9.97 Å². The van der Waals surface area contributed by atoms with Crippen LogP contribution in [0.15, 0.2) is 30.3 Å². The first-order chi connectivity index (χ1) is 11.3. The molecule has 2 heterocycles. The molecule has 0 fully saturated rings. The Kier molecular flexibility index (Phi) is 4.00. The van der Waals surface area contributed by atoms with Crippen molar-refractivity contribution in [3.8, 4) is 0 Å². The highest BCUT2D eigenvalue weighted by atomic mass is 32.1. The van der Waals surface area contributed by atoms with E-state index in [9.17, 15) is 0 Å². The highest BCUT2D eigenvalue weighted by Crippen LogP contribution is 2.39. The van der Waals surface area contributed by atoms with E-state index in [0.717, 1.165) is 35.9 Å². The van der Waals surface area contributed by atoms with Crippen molar-refractivity contribution in [1.29, 1.82) is 0 Å². The minimum Gasteiger partial charge on any atom is -0.369 e. The first-order valence-corrected chi connectivity index (χ1v) is 9.25. The first-order valence-electron chi connectivity index (χ1n) is 8.44. The molecule has 1 N–H and O–H groups in total. The molecule has 1 aliphatic rings. The van der Waals surface area contributed by atoms with Gasteiger partial charge in [0.05, 0.1) is 5.39 Å². The Labute approximate surface area is 140 Å². The lowest BCUT2D eigenvalue weighted by Crippen LogP contribution is -2.06. The van der Waals surface area contributed by atoms with Gasteiger partial charge in [0.25, 0.3) is 0 Å². The second-order valence-corrected chi connectivity index (χ2v) is 7.20. The van der Waals surface area contributed by atoms with Gasteiger partial charge in [-0.05, 0) is 36.8 Å². The third kappa shape index (κ3) is 2.83. The summed E-state index contributed by atoms with van der Waals surface area (Å²) in [5.74, 6) is 1.96. The highest BCUT2D eigenvalue weighted by molar-refractivity contribution is 7.19. The minimum absolute atomic E-state index is 0.792. The fourth-order valence-electron chi connectivity index (χ4n) is 3.27. The predicted octanol–water partition coefficient (Wildman–Crippen LogP) is 4.59. The summed E-state index contributed by atoms with van der Waals surface area (Å²) in [6.45, 7) is 3.15. The Morgan fingerprint density at radius 3 is 2.83 bits per heavy atom. The molecule has 2 aromatic heterocycles. The summed E-state index contributed by atoms with van der Waals surface area (Å²) in [7, 11) is 0. The number of hydrogen-bond acceptors (Lipinski definition) is 4. The van der Waals surface area contributed by atoms with Gasteiger partial charge in [-0.25, -0.2) is 9.97 Å². The summed E-state index contributed by atoms with van der Waals surface area (Å²) in [4.78, 5) is 12.4. The molecule has 4 rings (SSSR count). The molecule has 0 amide bonds. The van der Waals surface area contributed by atoms with Crippen molar-refractivity contribution in [2.24, 2.45) is 0 Å². The van der Waals surface area contributed by atoms with Gasteiger partial charge in [-0.3, -0.25) is 0 Å². The normalized spacial score (nSPS) is 13.4. The van der Waals surface area contributed by atoms with E-state index in [1.54, 1.807) is 0 Å². The van der Waals surface area contributed by atoms with Crippen molar-refractivity contribution >= 4 is 27.4 Å². The SMILES string of the molecule is CCCNc1nc(Cc2ccccc2)nc2sc3c(c12)CCC3. The van der Waals surface area contributed by atoms with Gasteiger partial charge >= 0.3 is 0 Å². The van der Waals surface area contributed by atoms with Gasteiger partial charge < -0.3 is 5.32 Å². The zero-order valence-electron chi connectivity index (χ0n) is 13.4. The van der Waals surface area contributed by atoms with Crippen LogP contribution in [-0.2, 0) is 19.3 Å². The van der Waals surface area contributed by atoms with Crippen molar-refractivity contribution in [2.75, 3.05) is 11.9 Å². The number of benzene rings is 1. The molecule has 3 aromatic rings. The zero-order valence-corrected chi connectivity index (χ0v) is 14.2. The largest absolute Gasteiger partial charge is 0.369 e. The summed E-state index contributed by atoms with van der Waals surface area (Å²) < 4.78 is 0. The fraction of sp³-hybridized carbons (Fsp3) is 0.368.